The minimum atomic E-state index is 0.0102. The van der Waals surface area contributed by atoms with Gasteiger partial charge in [-0.1, -0.05) is 38.5 Å². The molecule has 34 heavy (non-hydrogen) atoms. The third kappa shape index (κ3) is 4.20. The van der Waals surface area contributed by atoms with Crippen molar-refractivity contribution in [2.24, 2.45) is 7.05 Å². The maximum Gasteiger partial charge on any atom is 0.270 e. The summed E-state index contributed by atoms with van der Waals surface area (Å²) in [4.78, 5) is 25.1. The van der Waals surface area contributed by atoms with Crippen LogP contribution in [0.4, 0.5) is 0 Å². The summed E-state index contributed by atoms with van der Waals surface area (Å²) in [5.74, 6) is 1.41. The van der Waals surface area contributed by atoms with E-state index >= 15 is 0 Å². The van der Waals surface area contributed by atoms with Gasteiger partial charge < -0.3 is 9.64 Å². The molecule has 0 unspecified atom stereocenters. The lowest BCUT2D eigenvalue weighted by molar-refractivity contribution is 0.203. The lowest BCUT2D eigenvalue weighted by Gasteiger charge is -2.26. The second-order valence-corrected chi connectivity index (χ2v) is 9.50. The monoisotopic (exact) mass is 459 g/mol. The van der Waals surface area contributed by atoms with E-state index in [-0.39, 0.29) is 11.5 Å². The summed E-state index contributed by atoms with van der Waals surface area (Å²) in [5, 5.41) is 0.981. The molecule has 1 fully saturated rings. The summed E-state index contributed by atoms with van der Waals surface area (Å²) < 4.78 is 9.49. The van der Waals surface area contributed by atoms with Crippen molar-refractivity contribution in [1.29, 1.82) is 0 Å². The van der Waals surface area contributed by atoms with E-state index in [0.717, 1.165) is 40.5 Å². The molecule has 1 aromatic carbocycles. The summed E-state index contributed by atoms with van der Waals surface area (Å²) in [6, 6.07) is 11.9. The normalized spacial score (nSPS) is 14.9. The van der Waals surface area contributed by atoms with E-state index in [9.17, 15) is 4.79 Å². The Labute approximate surface area is 200 Å². The second kappa shape index (κ2) is 9.58. The Morgan fingerprint density at radius 3 is 2.59 bits per heavy atom. The predicted octanol–water partition coefficient (Wildman–Crippen LogP) is 4.63. The van der Waals surface area contributed by atoms with Crippen molar-refractivity contribution in [2.75, 3.05) is 26.2 Å². The molecule has 4 heterocycles. The first-order valence-corrected chi connectivity index (χ1v) is 12.4. The molecule has 1 aliphatic rings. The second-order valence-electron chi connectivity index (χ2n) is 9.50. The van der Waals surface area contributed by atoms with Crippen LogP contribution >= 0.6 is 0 Å². The number of rotatable bonds is 7. The van der Waals surface area contributed by atoms with Crippen LogP contribution in [0.5, 0.6) is 5.88 Å². The van der Waals surface area contributed by atoms with Crippen molar-refractivity contribution in [2.45, 2.75) is 45.4 Å². The van der Waals surface area contributed by atoms with Crippen LogP contribution in [-0.2, 0) is 7.05 Å². The first-order chi connectivity index (χ1) is 16.5. The molecule has 0 amide bonds. The molecule has 0 aliphatic carbocycles. The molecule has 3 aromatic heterocycles. The van der Waals surface area contributed by atoms with Gasteiger partial charge in [0, 0.05) is 42.4 Å². The minimum Gasteiger partial charge on any atom is -0.478 e. The quantitative estimate of drug-likeness (QED) is 0.377. The number of nitrogens with zero attached hydrogens (tertiary/aromatic N) is 5. The van der Waals surface area contributed by atoms with Gasteiger partial charge >= 0.3 is 0 Å². The van der Waals surface area contributed by atoms with E-state index in [2.05, 4.69) is 23.7 Å². The molecule has 7 heteroatoms. The summed E-state index contributed by atoms with van der Waals surface area (Å²) >= 11 is 0. The fraction of sp³-hybridized carbons (Fsp3) is 0.444. The van der Waals surface area contributed by atoms with Crippen molar-refractivity contribution in [3.63, 3.8) is 0 Å². The van der Waals surface area contributed by atoms with Crippen LogP contribution in [0, 0.1) is 0 Å². The van der Waals surface area contributed by atoms with E-state index in [4.69, 9.17) is 9.72 Å². The number of hydrogen-bond donors (Lipinski definition) is 0. The highest BCUT2D eigenvalue weighted by Gasteiger charge is 2.22. The zero-order valence-corrected chi connectivity index (χ0v) is 20.3. The van der Waals surface area contributed by atoms with Gasteiger partial charge in [-0.2, -0.15) is 0 Å². The Balaban J connectivity index is 1.43. The lowest BCUT2D eigenvalue weighted by atomic mass is 10.0. The summed E-state index contributed by atoms with van der Waals surface area (Å²) in [5.41, 5.74) is 3.45. The van der Waals surface area contributed by atoms with Crippen molar-refractivity contribution in [1.82, 2.24) is 24.1 Å². The largest absolute Gasteiger partial charge is 0.478 e. The van der Waals surface area contributed by atoms with Crippen LogP contribution in [0.3, 0.4) is 0 Å². The number of hydrogen-bond acceptors (Lipinski definition) is 5. The van der Waals surface area contributed by atoms with Crippen LogP contribution < -0.4 is 10.3 Å². The van der Waals surface area contributed by atoms with Gasteiger partial charge in [0.15, 0.2) is 5.82 Å². The number of piperidine rings is 1. The van der Waals surface area contributed by atoms with E-state index in [1.807, 2.05) is 40.9 Å². The Morgan fingerprint density at radius 2 is 1.85 bits per heavy atom. The van der Waals surface area contributed by atoms with E-state index < -0.39 is 0 Å². The zero-order valence-electron chi connectivity index (χ0n) is 20.3. The molecule has 7 nitrogen and oxygen atoms in total. The molecule has 0 atom stereocenters. The fourth-order valence-corrected chi connectivity index (χ4v) is 5.02. The third-order valence-corrected chi connectivity index (χ3v) is 6.77. The molecule has 1 saturated heterocycles. The van der Waals surface area contributed by atoms with E-state index in [1.54, 1.807) is 17.9 Å². The molecule has 1 aliphatic heterocycles. The molecular weight excluding hydrogens is 426 g/mol. The van der Waals surface area contributed by atoms with Crippen LogP contribution in [0.1, 0.15) is 51.0 Å². The van der Waals surface area contributed by atoms with Crippen LogP contribution in [0.2, 0.25) is 0 Å². The number of fused-ring (bicyclic) bond motifs is 3. The molecule has 5 rings (SSSR count). The van der Waals surface area contributed by atoms with E-state index in [0.29, 0.717) is 18.3 Å². The average Bonchev–Trinajstić information content (AvgIpc) is 3.13. The molecule has 0 saturated carbocycles. The van der Waals surface area contributed by atoms with Crippen LogP contribution in [0.25, 0.3) is 27.8 Å². The number of aryl methyl sites for hydroxylation is 1. The van der Waals surface area contributed by atoms with Crippen LogP contribution in [-0.4, -0.2) is 50.3 Å². The van der Waals surface area contributed by atoms with Gasteiger partial charge in [-0.15, -0.1) is 0 Å². The zero-order chi connectivity index (χ0) is 23.7. The van der Waals surface area contributed by atoms with Crippen LogP contribution in [0.15, 0.2) is 47.4 Å². The van der Waals surface area contributed by atoms with E-state index in [1.165, 1.54) is 32.4 Å². The number of pyridine rings is 1. The van der Waals surface area contributed by atoms with Gasteiger partial charge in [0.1, 0.15) is 0 Å². The summed E-state index contributed by atoms with van der Waals surface area (Å²) in [7, 11) is 1.80. The maximum atomic E-state index is 13.1. The highest BCUT2D eigenvalue weighted by atomic mass is 16.5. The van der Waals surface area contributed by atoms with Gasteiger partial charge in [-0.05, 0) is 50.4 Å². The maximum absolute atomic E-state index is 13.1. The van der Waals surface area contributed by atoms with Crippen molar-refractivity contribution >= 4 is 16.4 Å². The third-order valence-electron chi connectivity index (χ3n) is 6.77. The van der Waals surface area contributed by atoms with Crippen molar-refractivity contribution < 1.29 is 4.74 Å². The average molecular weight is 460 g/mol. The van der Waals surface area contributed by atoms with Gasteiger partial charge in [-0.3, -0.25) is 4.79 Å². The van der Waals surface area contributed by atoms with Gasteiger partial charge in [0.25, 0.3) is 5.56 Å². The molecule has 0 N–H and O–H groups in total. The Hall–Kier alpha value is -3.19. The van der Waals surface area contributed by atoms with Crippen molar-refractivity contribution in [3.05, 3.63) is 58.5 Å². The van der Waals surface area contributed by atoms with Crippen molar-refractivity contribution in [3.8, 4) is 17.3 Å². The molecule has 178 valence electrons. The highest BCUT2D eigenvalue weighted by molar-refractivity contribution is 5.96. The minimum absolute atomic E-state index is 0.0102. The Morgan fingerprint density at radius 1 is 1.06 bits per heavy atom. The van der Waals surface area contributed by atoms with Gasteiger partial charge in [0.05, 0.1) is 17.6 Å². The number of para-hydroxylation sites is 1. The summed E-state index contributed by atoms with van der Waals surface area (Å²) in [6.07, 6.45) is 6.77. The SMILES string of the molecule is CC(C)c1c(=O)n(C)n2c(-c3ccc(OCCCN4CCCCC4)nc3)nc3ccccc3c12. The smallest absolute Gasteiger partial charge is 0.270 e. The molecule has 0 spiro atoms. The number of ether oxygens (including phenoxy) is 1. The first-order valence-electron chi connectivity index (χ1n) is 12.4. The number of aromatic nitrogens is 4. The Bertz CT molecular complexity index is 1350. The summed E-state index contributed by atoms with van der Waals surface area (Å²) in [6.45, 7) is 8.28. The Kier molecular flexibility index (Phi) is 6.37. The van der Waals surface area contributed by atoms with Gasteiger partial charge in [0.2, 0.25) is 5.88 Å². The first kappa shape index (κ1) is 22.6. The number of benzene rings is 1. The number of likely N-dealkylation sites (tertiary alicyclic amines) is 1. The predicted molar refractivity (Wildman–Crippen MR) is 136 cm³/mol. The molecule has 0 bridgehead atoms. The molecule has 0 radical (unpaired) electrons. The topological polar surface area (TPSA) is 64.7 Å². The van der Waals surface area contributed by atoms with Gasteiger partial charge in [-0.25, -0.2) is 19.2 Å². The fourth-order valence-electron chi connectivity index (χ4n) is 5.02. The molecule has 4 aromatic rings. The standard InChI is InChI=1S/C27H33N5O2/c1-19(2)24-25-21-10-5-6-11-22(21)29-26(32(25)30(3)27(24)33)20-12-13-23(28-18-20)34-17-9-16-31-14-7-4-8-15-31/h5-6,10-13,18-19H,4,7-9,14-17H2,1-3H3. The molecular formula is C27H33N5O2. The highest BCUT2D eigenvalue weighted by Crippen LogP contribution is 2.30. The lowest BCUT2D eigenvalue weighted by Crippen LogP contribution is -2.31.